The molecule has 0 saturated carbocycles. The Bertz CT molecular complexity index is 1130. The first-order valence-electron chi connectivity index (χ1n) is 9.18. The van der Waals surface area contributed by atoms with Crippen LogP contribution in [-0.4, -0.2) is 35.8 Å². The monoisotopic (exact) mass is 517 g/mol. The summed E-state index contributed by atoms with van der Waals surface area (Å²) in [4.78, 5) is 13.1. The zero-order valence-corrected chi connectivity index (χ0v) is 18.3. The van der Waals surface area contributed by atoms with Crippen molar-refractivity contribution in [3.63, 3.8) is 0 Å². The number of hydrogen-bond acceptors (Lipinski definition) is 6. The summed E-state index contributed by atoms with van der Waals surface area (Å²) in [5, 5.41) is 4.97. The van der Waals surface area contributed by atoms with Crippen LogP contribution in [0.5, 0.6) is 0 Å². The van der Waals surface area contributed by atoms with E-state index in [1.807, 2.05) is 0 Å². The topological polar surface area (TPSA) is 80.2 Å². The smallest absolute Gasteiger partial charge is 0.287 e. The number of aromatic nitrogens is 2. The molecule has 1 aliphatic heterocycles. The van der Waals surface area contributed by atoms with Crippen molar-refractivity contribution < 1.29 is 39.6 Å². The van der Waals surface area contributed by atoms with E-state index >= 15 is 0 Å². The van der Waals surface area contributed by atoms with Crippen molar-refractivity contribution in [3.05, 3.63) is 34.8 Å². The van der Waals surface area contributed by atoms with E-state index < -0.39 is 54.2 Å². The quantitative estimate of drug-likeness (QED) is 0.521. The summed E-state index contributed by atoms with van der Waals surface area (Å²) in [5.41, 5.74) is -1.11. The van der Waals surface area contributed by atoms with Gasteiger partial charge in [-0.2, -0.15) is 26.3 Å². The lowest BCUT2D eigenvalue weighted by Gasteiger charge is -2.38. The molecule has 1 atom stereocenters. The Morgan fingerprint density at radius 2 is 1.70 bits per heavy atom. The maximum Gasteiger partial charge on any atom is 0.445 e. The molecular formula is C19H21F6N3O3S2. The lowest BCUT2D eigenvalue weighted by molar-refractivity contribution is -0.138. The highest BCUT2D eigenvalue weighted by Gasteiger charge is 2.47. The number of nitrogens with zero attached hydrogens (tertiary/aromatic N) is 3. The first kappa shape index (κ1) is 27.0. The maximum atomic E-state index is 13.2. The number of carbonyl (C=O) groups excluding carboxylic acids is 1. The van der Waals surface area contributed by atoms with Crippen molar-refractivity contribution in [2.75, 3.05) is 11.4 Å². The molecular weight excluding hydrogens is 496 g/mol. The van der Waals surface area contributed by atoms with E-state index in [9.17, 15) is 39.6 Å². The SMILES string of the molecule is C.CC(C)([C@H]1CCN(c2nnc(C(F)(F)F)s2)C(=O)C1)S(=O)(=O)c1cccc(C(F)(F)F)c1. The summed E-state index contributed by atoms with van der Waals surface area (Å²) in [6, 6.07) is 3.36. The number of sulfone groups is 1. The van der Waals surface area contributed by atoms with E-state index in [0.717, 1.165) is 23.1 Å². The minimum atomic E-state index is -4.73. The number of alkyl halides is 6. The van der Waals surface area contributed by atoms with E-state index in [4.69, 9.17) is 0 Å². The van der Waals surface area contributed by atoms with Crippen LogP contribution < -0.4 is 4.90 Å². The number of anilines is 1. The van der Waals surface area contributed by atoms with Gasteiger partial charge in [0.15, 0.2) is 9.84 Å². The van der Waals surface area contributed by atoms with Gasteiger partial charge in [-0.3, -0.25) is 9.69 Å². The van der Waals surface area contributed by atoms with Crippen LogP contribution in [0.15, 0.2) is 29.2 Å². The third kappa shape index (κ3) is 5.15. The molecule has 184 valence electrons. The average Bonchev–Trinajstić information content (AvgIpc) is 3.17. The third-order valence-corrected chi connectivity index (χ3v) is 9.04. The van der Waals surface area contributed by atoms with E-state index in [1.165, 1.54) is 13.8 Å². The van der Waals surface area contributed by atoms with Crippen LogP contribution in [0.3, 0.4) is 0 Å². The lowest BCUT2D eigenvalue weighted by Crippen LogP contribution is -2.48. The van der Waals surface area contributed by atoms with Gasteiger partial charge >= 0.3 is 12.4 Å². The molecule has 0 unspecified atom stereocenters. The molecule has 1 saturated heterocycles. The molecule has 1 amide bonds. The number of amides is 1. The van der Waals surface area contributed by atoms with E-state index in [1.54, 1.807) is 0 Å². The normalized spacial score (nSPS) is 18.2. The van der Waals surface area contributed by atoms with Crippen LogP contribution in [0.25, 0.3) is 0 Å². The number of hydrogen-bond donors (Lipinski definition) is 0. The molecule has 3 rings (SSSR count). The van der Waals surface area contributed by atoms with Crippen molar-refractivity contribution >= 4 is 32.2 Å². The van der Waals surface area contributed by atoms with Crippen molar-refractivity contribution in [1.29, 1.82) is 0 Å². The summed E-state index contributed by atoms with van der Waals surface area (Å²) in [6.45, 7) is 2.54. The number of rotatable bonds is 4. The highest BCUT2D eigenvalue weighted by Crippen LogP contribution is 2.41. The molecule has 6 nitrogen and oxygen atoms in total. The summed E-state index contributed by atoms with van der Waals surface area (Å²) in [7, 11) is -4.29. The Morgan fingerprint density at radius 3 is 2.21 bits per heavy atom. The Labute approximate surface area is 190 Å². The average molecular weight is 518 g/mol. The highest BCUT2D eigenvalue weighted by atomic mass is 32.2. The third-order valence-electron chi connectivity index (χ3n) is 5.46. The van der Waals surface area contributed by atoms with Gasteiger partial charge in [0.25, 0.3) is 0 Å². The van der Waals surface area contributed by atoms with Crippen LogP contribution in [0.2, 0.25) is 0 Å². The Morgan fingerprint density at radius 1 is 1.06 bits per heavy atom. The van der Waals surface area contributed by atoms with Gasteiger partial charge in [0.05, 0.1) is 15.2 Å². The van der Waals surface area contributed by atoms with E-state index in [2.05, 4.69) is 10.2 Å². The Kier molecular flexibility index (Phi) is 7.25. The van der Waals surface area contributed by atoms with Gasteiger partial charge in [0.1, 0.15) is 0 Å². The van der Waals surface area contributed by atoms with Crippen LogP contribution in [0.4, 0.5) is 31.5 Å². The van der Waals surface area contributed by atoms with Gasteiger partial charge in [-0.15, -0.1) is 10.2 Å². The molecule has 0 bridgehead atoms. The molecule has 2 aromatic rings. The van der Waals surface area contributed by atoms with Crippen LogP contribution in [0.1, 0.15) is 44.7 Å². The standard InChI is InChI=1S/C18H17F6N3O3S2.CH4/c1-16(2,32(29,30)12-5-3-4-11(8-12)17(19,20)21)10-6-7-27(13(28)9-10)15-26-25-14(31-15)18(22,23)24;/h3-5,8,10H,6-7,9H2,1-2H3;1H4/t10-;/m0./s1. The van der Waals surface area contributed by atoms with E-state index in [0.29, 0.717) is 6.07 Å². The summed E-state index contributed by atoms with van der Waals surface area (Å²) < 4.78 is 102. The zero-order valence-electron chi connectivity index (χ0n) is 16.7. The second-order valence-electron chi connectivity index (χ2n) is 7.76. The molecule has 33 heavy (non-hydrogen) atoms. The highest BCUT2D eigenvalue weighted by molar-refractivity contribution is 7.92. The number of piperidine rings is 1. The molecule has 2 heterocycles. The van der Waals surface area contributed by atoms with Gasteiger partial charge < -0.3 is 0 Å². The van der Waals surface area contributed by atoms with Crippen LogP contribution in [-0.2, 0) is 27.0 Å². The fourth-order valence-electron chi connectivity index (χ4n) is 3.43. The summed E-state index contributed by atoms with van der Waals surface area (Å²) in [6.07, 6.45) is -9.67. The van der Waals surface area contributed by atoms with Crippen molar-refractivity contribution in [2.24, 2.45) is 5.92 Å². The molecule has 1 fully saturated rings. The van der Waals surface area contributed by atoms with Gasteiger partial charge in [0.2, 0.25) is 16.0 Å². The lowest BCUT2D eigenvalue weighted by atomic mass is 9.85. The Hall–Kier alpha value is -2.22. The van der Waals surface area contributed by atoms with Crippen molar-refractivity contribution in [1.82, 2.24) is 10.2 Å². The van der Waals surface area contributed by atoms with Gasteiger partial charge in [-0.25, -0.2) is 8.42 Å². The Balaban J connectivity index is 0.00000385. The first-order valence-corrected chi connectivity index (χ1v) is 11.5. The fraction of sp³-hybridized carbons (Fsp3) is 0.526. The zero-order chi connectivity index (χ0) is 24.1. The molecule has 0 N–H and O–H groups in total. The molecule has 0 aliphatic carbocycles. The minimum Gasteiger partial charge on any atom is -0.287 e. The van der Waals surface area contributed by atoms with Crippen LogP contribution in [0, 0.1) is 5.92 Å². The number of halogens is 6. The van der Waals surface area contributed by atoms with E-state index in [-0.39, 0.29) is 43.3 Å². The fourth-order valence-corrected chi connectivity index (χ4v) is 5.97. The summed E-state index contributed by atoms with van der Waals surface area (Å²) in [5.74, 6) is -1.42. The summed E-state index contributed by atoms with van der Waals surface area (Å²) >= 11 is 0.198. The largest absolute Gasteiger partial charge is 0.445 e. The predicted molar refractivity (Wildman–Crippen MR) is 109 cm³/mol. The van der Waals surface area contributed by atoms with Crippen molar-refractivity contribution in [3.8, 4) is 0 Å². The molecule has 0 spiro atoms. The number of carbonyl (C=O) groups is 1. The van der Waals surface area contributed by atoms with Crippen molar-refractivity contribution in [2.45, 2.75) is 56.1 Å². The van der Waals surface area contributed by atoms with Gasteiger partial charge in [-0.1, -0.05) is 24.8 Å². The van der Waals surface area contributed by atoms with Gasteiger partial charge in [-0.05, 0) is 44.4 Å². The first-order chi connectivity index (χ1) is 14.5. The molecule has 14 heteroatoms. The molecule has 0 radical (unpaired) electrons. The molecule has 1 aromatic heterocycles. The molecule has 1 aliphatic rings. The van der Waals surface area contributed by atoms with Gasteiger partial charge in [0, 0.05) is 13.0 Å². The van der Waals surface area contributed by atoms with Crippen LogP contribution >= 0.6 is 11.3 Å². The predicted octanol–water partition coefficient (Wildman–Crippen LogP) is 5.21. The second-order valence-corrected chi connectivity index (χ2v) is 11.2. The maximum absolute atomic E-state index is 13.2. The second kappa shape index (κ2) is 8.85. The molecule has 1 aromatic carbocycles. The minimum absolute atomic E-state index is 0. The number of benzene rings is 1.